The second kappa shape index (κ2) is 5.63. The zero-order valence-corrected chi connectivity index (χ0v) is 9.33. The molecule has 0 bridgehead atoms. The van der Waals surface area contributed by atoms with Crippen LogP contribution in [-0.4, -0.2) is 11.5 Å². The van der Waals surface area contributed by atoms with Crippen LogP contribution in [0, 0.1) is 0 Å². The lowest BCUT2D eigenvalue weighted by molar-refractivity contribution is 0.686. The van der Waals surface area contributed by atoms with Crippen molar-refractivity contribution in [1.82, 2.24) is 10.3 Å². The summed E-state index contributed by atoms with van der Waals surface area (Å²) in [4.78, 5) is 4.07. The van der Waals surface area contributed by atoms with Crippen LogP contribution in [0.4, 0.5) is 0 Å². The zero-order valence-electron chi connectivity index (χ0n) is 8.52. The molecule has 2 aromatic rings. The van der Waals surface area contributed by atoms with Crippen LogP contribution in [0.1, 0.15) is 11.1 Å². The summed E-state index contributed by atoms with van der Waals surface area (Å²) >= 11 is 1.76. The number of hydrogen-bond donors (Lipinski definition) is 1. The fourth-order valence-corrected chi connectivity index (χ4v) is 2.11. The van der Waals surface area contributed by atoms with Crippen LogP contribution in [0.15, 0.2) is 41.4 Å². The molecule has 0 amide bonds. The number of pyridine rings is 1. The van der Waals surface area contributed by atoms with Crippen molar-refractivity contribution in [3.63, 3.8) is 0 Å². The Labute approximate surface area is 94.0 Å². The van der Waals surface area contributed by atoms with E-state index in [1.54, 1.807) is 17.5 Å². The molecule has 0 fully saturated rings. The van der Waals surface area contributed by atoms with Gasteiger partial charge in [-0.3, -0.25) is 4.98 Å². The number of nitrogens with one attached hydrogen (secondary N) is 1. The van der Waals surface area contributed by atoms with E-state index < -0.39 is 0 Å². The Hall–Kier alpha value is -1.19. The molecule has 0 spiro atoms. The topological polar surface area (TPSA) is 24.9 Å². The Morgan fingerprint density at radius 2 is 2.27 bits per heavy atom. The van der Waals surface area contributed by atoms with Crippen LogP contribution in [0.25, 0.3) is 0 Å². The summed E-state index contributed by atoms with van der Waals surface area (Å²) in [6.45, 7) is 1.92. The quantitative estimate of drug-likeness (QED) is 0.780. The van der Waals surface area contributed by atoms with Gasteiger partial charge in [0.05, 0.1) is 0 Å². The van der Waals surface area contributed by atoms with E-state index in [1.807, 2.05) is 12.3 Å². The molecule has 0 saturated heterocycles. The van der Waals surface area contributed by atoms with Crippen molar-refractivity contribution >= 4 is 11.3 Å². The van der Waals surface area contributed by atoms with Gasteiger partial charge in [0.25, 0.3) is 0 Å². The molecule has 0 aliphatic carbocycles. The van der Waals surface area contributed by atoms with Gasteiger partial charge in [0.2, 0.25) is 0 Å². The minimum Gasteiger partial charge on any atom is -0.312 e. The van der Waals surface area contributed by atoms with Gasteiger partial charge in [-0.1, -0.05) is 6.07 Å². The van der Waals surface area contributed by atoms with E-state index >= 15 is 0 Å². The van der Waals surface area contributed by atoms with Crippen molar-refractivity contribution in [3.05, 3.63) is 52.5 Å². The standard InChI is InChI=1S/C12H14N2S/c1-2-12(8-13-5-1)9-14-6-3-11-4-7-15-10-11/h1-2,4-5,7-8,10,14H,3,6,9H2. The maximum Gasteiger partial charge on any atom is 0.0312 e. The van der Waals surface area contributed by atoms with Crippen LogP contribution in [-0.2, 0) is 13.0 Å². The van der Waals surface area contributed by atoms with E-state index in [-0.39, 0.29) is 0 Å². The molecule has 0 unspecified atom stereocenters. The van der Waals surface area contributed by atoms with E-state index in [0.717, 1.165) is 19.5 Å². The first-order valence-corrected chi connectivity index (χ1v) is 6.00. The maximum atomic E-state index is 4.07. The monoisotopic (exact) mass is 218 g/mol. The number of aromatic nitrogens is 1. The maximum absolute atomic E-state index is 4.07. The van der Waals surface area contributed by atoms with Crippen LogP contribution >= 0.6 is 11.3 Å². The van der Waals surface area contributed by atoms with Gasteiger partial charge in [-0.25, -0.2) is 0 Å². The van der Waals surface area contributed by atoms with E-state index in [4.69, 9.17) is 0 Å². The normalized spacial score (nSPS) is 10.4. The molecule has 2 heterocycles. The second-order valence-corrected chi connectivity index (χ2v) is 4.20. The van der Waals surface area contributed by atoms with Gasteiger partial charge < -0.3 is 5.32 Å². The predicted molar refractivity (Wildman–Crippen MR) is 64.0 cm³/mol. The predicted octanol–water partition coefficient (Wildman–Crippen LogP) is 2.48. The third-order valence-electron chi connectivity index (χ3n) is 2.22. The molecule has 3 heteroatoms. The van der Waals surface area contributed by atoms with E-state index in [2.05, 4.69) is 33.2 Å². The third kappa shape index (κ3) is 3.46. The first kappa shape index (κ1) is 10.3. The minimum atomic E-state index is 0.901. The Balaban J connectivity index is 1.68. The first-order valence-electron chi connectivity index (χ1n) is 5.06. The van der Waals surface area contributed by atoms with E-state index in [1.165, 1.54) is 11.1 Å². The summed E-state index contributed by atoms with van der Waals surface area (Å²) in [5.41, 5.74) is 2.65. The number of hydrogen-bond acceptors (Lipinski definition) is 3. The SMILES string of the molecule is c1cncc(CNCCc2ccsc2)c1. The lowest BCUT2D eigenvalue weighted by Crippen LogP contribution is -2.16. The average molecular weight is 218 g/mol. The molecule has 2 aromatic heterocycles. The fraction of sp³-hybridized carbons (Fsp3) is 0.250. The summed E-state index contributed by atoms with van der Waals surface area (Å²) in [5.74, 6) is 0. The lowest BCUT2D eigenvalue weighted by Gasteiger charge is -2.03. The second-order valence-electron chi connectivity index (χ2n) is 3.42. The first-order chi connectivity index (χ1) is 7.45. The molecule has 0 aromatic carbocycles. The van der Waals surface area contributed by atoms with Crippen molar-refractivity contribution < 1.29 is 0 Å². The van der Waals surface area contributed by atoms with Gasteiger partial charge in [-0.2, -0.15) is 11.3 Å². The number of rotatable bonds is 5. The summed E-state index contributed by atoms with van der Waals surface area (Å²) in [5, 5.41) is 7.73. The van der Waals surface area contributed by atoms with Crippen LogP contribution in [0.2, 0.25) is 0 Å². The molecule has 0 saturated carbocycles. The van der Waals surface area contributed by atoms with Gasteiger partial charge in [0.15, 0.2) is 0 Å². The molecule has 1 N–H and O–H groups in total. The van der Waals surface area contributed by atoms with E-state index in [0.29, 0.717) is 0 Å². The molecule has 0 aliphatic heterocycles. The van der Waals surface area contributed by atoms with Crippen molar-refractivity contribution in [2.75, 3.05) is 6.54 Å². The molecular formula is C12H14N2S. The third-order valence-corrected chi connectivity index (χ3v) is 2.95. The highest BCUT2D eigenvalue weighted by Crippen LogP contribution is 2.05. The molecule has 15 heavy (non-hydrogen) atoms. The molecular weight excluding hydrogens is 204 g/mol. The van der Waals surface area contributed by atoms with Crippen molar-refractivity contribution in [3.8, 4) is 0 Å². The van der Waals surface area contributed by atoms with Crippen molar-refractivity contribution in [2.45, 2.75) is 13.0 Å². The Morgan fingerprint density at radius 1 is 1.27 bits per heavy atom. The van der Waals surface area contributed by atoms with Crippen molar-refractivity contribution in [1.29, 1.82) is 0 Å². The van der Waals surface area contributed by atoms with Gasteiger partial charge >= 0.3 is 0 Å². The highest BCUT2D eigenvalue weighted by molar-refractivity contribution is 7.07. The Morgan fingerprint density at radius 3 is 3.00 bits per heavy atom. The van der Waals surface area contributed by atoms with Crippen LogP contribution in [0.3, 0.4) is 0 Å². The average Bonchev–Trinajstić information content (AvgIpc) is 2.79. The van der Waals surface area contributed by atoms with Crippen molar-refractivity contribution in [2.24, 2.45) is 0 Å². The lowest BCUT2D eigenvalue weighted by atomic mass is 10.2. The summed E-state index contributed by atoms with van der Waals surface area (Å²) < 4.78 is 0. The number of nitrogens with zero attached hydrogens (tertiary/aromatic N) is 1. The molecule has 2 nitrogen and oxygen atoms in total. The minimum absolute atomic E-state index is 0.901. The molecule has 0 radical (unpaired) electrons. The van der Waals surface area contributed by atoms with Gasteiger partial charge in [0.1, 0.15) is 0 Å². The van der Waals surface area contributed by atoms with Crippen LogP contribution in [0.5, 0.6) is 0 Å². The van der Waals surface area contributed by atoms with Gasteiger partial charge in [-0.15, -0.1) is 0 Å². The summed E-state index contributed by atoms with van der Waals surface area (Å²) in [6.07, 6.45) is 4.80. The fourth-order valence-electron chi connectivity index (χ4n) is 1.40. The molecule has 0 aliphatic rings. The molecule has 2 rings (SSSR count). The zero-order chi connectivity index (χ0) is 10.3. The Kier molecular flexibility index (Phi) is 3.88. The molecule has 78 valence electrons. The summed E-state index contributed by atoms with van der Waals surface area (Å²) in [6, 6.07) is 6.23. The molecule has 0 atom stereocenters. The Bertz CT molecular complexity index is 370. The number of thiophene rings is 1. The van der Waals surface area contributed by atoms with E-state index in [9.17, 15) is 0 Å². The highest BCUT2D eigenvalue weighted by atomic mass is 32.1. The van der Waals surface area contributed by atoms with Gasteiger partial charge in [0, 0.05) is 18.9 Å². The highest BCUT2D eigenvalue weighted by Gasteiger charge is 1.93. The van der Waals surface area contributed by atoms with Gasteiger partial charge in [-0.05, 0) is 47.0 Å². The smallest absolute Gasteiger partial charge is 0.0312 e. The largest absolute Gasteiger partial charge is 0.312 e. The summed E-state index contributed by atoms with van der Waals surface area (Å²) in [7, 11) is 0. The van der Waals surface area contributed by atoms with Crippen LogP contribution < -0.4 is 5.32 Å².